The van der Waals surface area contributed by atoms with Crippen LogP contribution in [-0.2, 0) is 26.0 Å². The maximum absolute atomic E-state index is 13.1. The van der Waals surface area contributed by atoms with Crippen LogP contribution in [0, 0.1) is 6.92 Å². The first-order valence-electron chi connectivity index (χ1n) is 10.5. The molecule has 0 spiro atoms. The first-order valence-corrected chi connectivity index (χ1v) is 12.8. The lowest BCUT2D eigenvalue weighted by Crippen LogP contribution is -2.40. The van der Waals surface area contributed by atoms with E-state index in [2.05, 4.69) is 16.1 Å². The molecule has 176 valence electrons. The summed E-state index contributed by atoms with van der Waals surface area (Å²) in [6, 6.07) is 3.37. The summed E-state index contributed by atoms with van der Waals surface area (Å²) in [5.41, 5.74) is 10.3. The Morgan fingerprint density at radius 1 is 1.27 bits per heavy atom. The lowest BCUT2D eigenvalue weighted by atomic mass is 10.1. The fourth-order valence-corrected chi connectivity index (χ4v) is 6.16. The van der Waals surface area contributed by atoms with Crippen molar-refractivity contribution in [2.45, 2.75) is 18.4 Å². The molecule has 0 saturated carbocycles. The van der Waals surface area contributed by atoms with Crippen LogP contribution in [0.5, 0.6) is 0 Å². The van der Waals surface area contributed by atoms with Gasteiger partial charge in [0.15, 0.2) is 0 Å². The predicted octanol–water partition coefficient (Wildman–Crippen LogP) is 1.97. The number of aromatic nitrogens is 3. The average molecular weight is 492 g/mol. The van der Waals surface area contributed by atoms with E-state index in [4.69, 9.17) is 14.5 Å². The fourth-order valence-electron chi connectivity index (χ4n) is 3.84. The van der Waals surface area contributed by atoms with Gasteiger partial charge in [-0.2, -0.15) is 9.40 Å². The minimum atomic E-state index is -3.59. The van der Waals surface area contributed by atoms with Gasteiger partial charge in [-0.15, -0.1) is 16.9 Å². The van der Waals surface area contributed by atoms with Gasteiger partial charge in [-0.3, -0.25) is 4.68 Å². The van der Waals surface area contributed by atoms with E-state index in [0.717, 1.165) is 27.6 Å². The van der Waals surface area contributed by atoms with Crippen LogP contribution in [-0.4, -0.2) is 67.5 Å². The van der Waals surface area contributed by atoms with E-state index in [1.54, 1.807) is 25.4 Å². The zero-order chi connectivity index (χ0) is 23.0. The zero-order valence-electron chi connectivity index (χ0n) is 18.3. The first-order chi connectivity index (χ1) is 16.0. The van der Waals surface area contributed by atoms with Crippen LogP contribution in [0.15, 0.2) is 34.8 Å². The topological polar surface area (TPSA) is 114 Å². The number of nitrogens with zero attached hydrogens (tertiary/aromatic N) is 5. The largest absolute Gasteiger partial charge is 0.383 e. The van der Waals surface area contributed by atoms with Gasteiger partial charge in [-0.1, -0.05) is 0 Å². The molecular formula is C20H25N7O4S2. The van der Waals surface area contributed by atoms with E-state index in [9.17, 15) is 8.42 Å². The number of sulfonamides is 1. The van der Waals surface area contributed by atoms with Crippen molar-refractivity contribution in [3.05, 3.63) is 35.5 Å². The molecule has 0 radical (unpaired) electrons. The first kappa shape index (κ1) is 22.3. The molecule has 0 unspecified atom stereocenters. The third-order valence-corrected chi connectivity index (χ3v) is 8.25. The molecule has 1 fully saturated rings. The number of rotatable bonds is 7. The van der Waals surface area contributed by atoms with Crippen LogP contribution in [0.3, 0.4) is 0 Å². The van der Waals surface area contributed by atoms with Gasteiger partial charge < -0.3 is 14.9 Å². The molecule has 2 aliphatic rings. The minimum absolute atomic E-state index is 0.264. The second-order valence-corrected chi connectivity index (χ2v) is 10.5. The lowest BCUT2D eigenvalue weighted by Gasteiger charge is -2.26. The highest BCUT2D eigenvalue weighted by Crippen LogP contribution is 2.41. The Bertz CT molecular complexity index is 1250. The van der Waals surface area contributed by atoms with E-state index in [1.807, 2.05) is 28.2 Å². The number of benzene rings is 1. The second-order valence-electron chi connectivity index (χ2n) is 7.73. The minimum Gasteiger partial charge on any atom is -0.383 e. The molecule has 0 atom stereocenters. The number of ether oxygens (including phenoxy) is 2. The number of anilines is 3. The number of hydrogen-bond donors (Lipinski definition) is 2. The van der Waals surface area contributed by atoms with E-state index in [0.29, 0.717) is 45.1 Å². The van der Waals surface area contributed by atoms with Crippen molar-refractivity contribution in [3.63, 3.8) is 0 Å². The van der Waals surface area contributed by atoms with Crippen molar-refractivity contribution < 1.29 is 17.9 Å². The molecule has 1 aromatic carbocycles. The normalized spacial score (nSPS) is 16.7. The molecule has 0 aliphatic carbocycles. The monoisotopic (exact) mass is 491 g/mol. The van der Waals surface area contributed by atoms with Gasteiger partial charge in [-0.05, 0) is 24.6 Å². The number of hydrogen-bond acceptors (Lipinski definition) is 10. The third kappa shape index (κ3) is 4.23. The number of morpholine rings is 1. The molecule has 2 N–H and O–H groups in total. The summed E-state index contributed by atoms with van der Waals surface area (Å²) < 4.78 is 39.9. The third-order valence-electron chi connectivity index (χ3n) is 5.54. The van der Waals surface area contributed by atoms with E-state index >= 15 is 0 Å². The number of nitrogens with one attached hydrogen (secondary N) is 2. The number of hydrazine groups is 2. The maximum atomic E-state index is 13.1. The van der Waals surface area contributed by atoms with Gasteiger partial charge in [-0.25, -0.2) is 18.4 Å². The maximum Gasteiger partial charge on any atom is 0.243 e. The van der Waals surface area contributed by atoms with Crippen molar-refractivity contribution in [3.8, 4) is 11.3 Å². The van der Waals surface area contributed by atoms with Gasteiger partial charge in [0.2, 0.25) is 15.2 Å². The molecule has 11 nitrogen and oxygen atoms in total. The van der Waals surface area contributed by atoms with Crippen LogP contribution in [0.4, 0.5) is 16.5 Å². The average Bonchev–Trinajstić information content (AvgIpc) is 3.57. The van der Waals surface area contributed by atoms with Crippen LogP contribution in [0.2, 0.25) is 0 Å². The number of thiazole rings is 1. The number of methoxy groups -OCH3 is 1. The van der Waals surface area contributed by atoms with Crippen LogP contribution < -0.4 is 16.0 Å². The summed E-state index contributed by atoms with van der Waals surface area (Å²) in [7, 11) is -1.93. The van der Waals surface area contributed by atoms with E-state index in [1.165, 1.54) is 15.6 Å². The van der Waals surface area contributed by atoms with Crippen LogP contribution >= 0.6 is 11.3 Å². The standard InChI is InChI=1S/C20H25N7O4S2/c1-14-9-16(33(28,29)26-4-7-31-8-5-26)10-17-19(14)27(24-23-17)20-22-18(13-32-20)15-11-21-25(12-15)3-6-30-2/h9-13,23-24H,3-8H2,1-2H3. The van der Waals surface area contributed by atoms with E-state index in [-0.39, 0.29) is 4.90 Å². The molecule has 4 heterocycles. The van der Waals surface area contributed by atoms with Crippen molar-refractivity contribution >= 4 is 37.9 Å². The Labute approximate surface area is 195 Å². The Morgan fingerprint density at radius 2 is 2.09 bits per heavy atom. The zero-order valence-corrected chi connectivity index (χ0v) is 19.9. The van der Waals surface area contributed by atoms with Crippen molar-refractivity contribution in [2.24, 2.45) is 0 Å². The molecule has 13 heteroatoms. The summed E-state index contributed by atoms with van der Waals surface area (Å²) in [6.45, 7) is 4.70. The van der Waals surface area contributed by atoms with Crippen LogP contribution in [0.1, 0.15) is 5.56 Å². The highest BCUT2D eigenvalue weighted by atomic mass is 32.2. The van der Waals surface area contributed by atoms with Crippen molar-refractivity contribution in [2.75, 3.05) is 50.5 Å². The Hall–Kier alpha value is -2.55. The van der Waals surface area contributed by atoms with Gasteiger partial charge >= 0.3 is 0 Å². The second kappa shape index (κ2) is 9.00. The molecule has 33 heavy (non-hydrogen) atoms. The fraction of sp³-hybridized carbons (Fsp3) is 0.400. The Kier molecular flexibility index (Phi) is 6.07. The van der Waals surface area contributed by atoms with Crippen molar-refractivity contribution in [1.29, 1.82) is 0 Å². The summed E-state index contributed by atoms with van der Waals surface area (Å²) >= 11 is 1.48. The summed E-state index contributed by atoms with van der Waals surface area (Å²) in [5.74, 6) is 0. The quantitative estimate of drug-likeness (QED) is 0.512. The van der Waals surface area contributed by atoms with Gasteiger partial charge in [0, 0.05) is 37.3 Å². The highest BCUT2D eigenvalue weighted by molar-refractivity contribution is 7.89. The molecule has 2 aromatic heterocycles. The Balaban J connectivity index is 1.40. The molecule has 3 aromatic rings. The molecule has 5 rings (SSSR count). The molecule has 0 bridgehead atoms. The molecule has 2 aliphatic heterocycles. The van der Waals surface area contributed by atoms with Gasteiger partial charge in [0.1, 0.15) is 0 Å². The highest BCUT2D eigenvalue weighted by Gasteiger charge is 2.31. The SMILES string of the molecule is COCCn1cc(-c2csc(N3NNc4cc(S(=O)(=O)N5CCOCC5)cc(C)c43)n2)cn1. The van der Waals surface area contributed by atoms with Gasteiger partial charge in [0.05, 0.1) is 54.5 Å². The molecular weight excluding hydrogens is 466 g/mol. The predicted molar refractivity (Wildman–Crippen MR) is 125 cm³/mol. The molecule has 0 amide bonds. The summed E-state index contributed by atoms with van der Waals surface area (Å²) in [4.78, 5) is 5.02. The van der Waals surface area contributed by atoms with Gasteiger partial charge in [0.25, 0.3) is 0 Å². The van der Waals surface area contributed by atoms with Crippen LogP contribution in [0.25, 0.3) is 11.3 Å². The Morgan fingerprint density at radius 3 is 2.88 bits per heavy atom. The van der Waals surface area contributed by atoms with Crippen molar-refractivity contribution in [1.82, 2.24) is 24.6 Å². The smallest absolute Gasteiger partial charge is 0.243 e. The summed E-state index contributed by atoms with van der Waals surface area (Å²) in [6.07, 6.45) is 3.72. The van der Waals surface area contributed by atoms with E-state index < -0.39 is 10.0 Å². The number of aryl methyl sites for hydroxylation is 1. The lowest BCUT2D eigenvalue weighted by molar-refractivity contribution is 0.0730. The number of fused-ring (bicyclic) bond motifs is 1. The summed E-state index contributed by atoms with van der Waals surface area (Å²) in [5, 5.41) is 8.88. The molecule has 1 saturated heterocycles.